The van der Waals surface area contributed by atoms with Gasteiger partial charge < -0.3 is 11.1 Å². The van der Waals surface area contributed by atoms with Crippen molar-refractivity contribution in [3.05, 3.63) is 0 Å². The monoisotopic (exact) mass is 169 g/mol. The summed E-state index contributed by atoms with van der Waals surface area (Å²) >= 11 is 0. The zero-order valence-electron chi connectivity index (χ0n) is 7.50. The van der Waals surface area contributed by atoms with Crippen LogP contribution in [-0.4, -0.2) is 18.0 Å². The number of nitrogens with two attached hydrogens (primary N) is 1. The largest absolute Gasteiger partial charge is 0.351 e. The Bertz CT molecular complexity index is 183. The van der Waals surface area contributed by atoms with Crippen LogP contribution in [0.5, 0.6) is 0 Å². The number of nitriles is 1. The molecule has 0 aromatic carbocycles. The van der Waals surface area contributed by atoms with Crippen molar-refractivity contribution in [3.63, 3.8) is 0 Å². The van der Waals surface area contributed by atoms with Crippen LogP contribution in [0, 0.1) is 11.3 Å². The number of nitrogens with one attached hydrogen (secondary N) is 1. The van der Waals surface area contributed by atoms with Gasteiger partial charge in [-0.1, -0.05) is 6.92 Å². The van der Waals surface area contributed by atoms with E-state index < -0.39 is 6.04 Å². The number of hydrogen-bond donors (Lipinski definition) is 2. The van der Waals surface area contributed by atoms with Gasteiger partial charge in [-0.3, -0.25) is 4.79 Å². The molecule has 1 unspecified atom stereocenters. The van der Waals surface area contributed by atoms with Gasteiger partial charge in [-0.15, -0.1) is 0 Å². The van der Waals surface area contributed by atoms with E-state index in [-0.39, 0.29) is 11.9 Å². The Balaban J connectivity index is 3.87. The quantitative estimate of drug-likeness (QED) is 0.628. The van der Waals surface area contributed by atoms with Gasteiger partial charge in [-0.05, 0) is 13.3 Å². The summed E-state index contributed by atoms with van der Waals surface area (Å²) in [5.41, 5.74) is 5.34. The first-order valence-electron chi connectivity index (χ1n) is 4.04. The molecule has 0 bridgehead atoms. The minimum absolute atomic E-state index is 0.0616. The molecular weight excluding hydrogens is 154 g/mol. The van der Waals surface area contributed by atoms with Gasteiger partial charge in [0, 0.05) is 6.04 Å². The lowest BCUT2D eigenvalue weighted by atomic mass is 10.1. The van der Waals surface area contributed by atoms with E-state index in [9.17, 15) is 4.79 Å². The molecule has 0 radical (unpaired) electrons. The third-order valence-electron chi connectivity index (χ3n) is 1.59. The highest BCUT2D eigenvalue weighted by Crippen LogP contribution is 1.95. The van der Waals surface area contributed by atoms with Gasteiger partial charge in [0.15, 0.2) is 0 Å². The Morgan fingerprint density at radius 3 is 2.67 bits per heavy atom. The SMILES string of the molecule is CCC(CC#N)NC(=O)[C@@H](C)N. The fraction of sp³-hybridized carbons (Fsp3) is 0.750. The molecule has 0 aromatic rings. The molecule has 3 N–H and O–H groups in total. The summed E-state index contributed by atoms with van der Waals surface area (Å²) in [6.07, 6.45) is 1.10. The zero-order chi connectivity index (χ0) is 9.56. The van der Waals surface area contributed by atoms with Crippen molar-refractivity contribution in [2.75, 3.05) is 0 Å². The molecule has 4 heteroatoms. The van der Waals surface area contributed by atoms with Crippen LogP contribution in [0.1, 0.15) is 26.7 Å². The molecule has 0 aliphatic carbocycles. The summed E-state index contributed by atoms with van der Waals surface area (Å²) in [7, 11) is 0. The van der Waals surface area contributed by atoms with Crippen molar-refractivity contribution in [1.29, 1.82) is 5.26 Å². The smallest absolute Gasteiger partial charge is 0.236 e. The van der Waals surface area contributed by atoms with Crippen LogP contribution in [-0.2, 0) is 4.79 Å². The average Bonchev–Trinajstić information content (AvgIpc) is 2.03. The number of rotatable bonds is 4. The van der Waals surface area contributed by atoms with Gasteiger partial charge in [0.1, 0.15) is 0 Å². The van der Waals surface area contributed by atoms with Gasteiger partial charge in [-0.2, -0.15) is 5.26 Å². The number of carbonyl (C=O) groups excluding carboxylic acids is 1. The van der Waals surface area contributed by atoms with E-state index in [1.165, 1.54) is 0 Å². The van der Waals surface area contributed by atoms with E-state index in [1.807, 2.05) is 13.0 Å². The number of carbonyl (C=O) groups is 1. The van der Waals surface area contributed by atoms with Crippen molar-refractivity contribution in [3.8, 4) is 6.07 Å². The molecule has 0 heterocycles. The lowest BCUT2D eigenvalue weighted by Crippen LogP contribution is -2.43. The molecule has 2 atom stereocenters. The highest BCUT2D eigenvalue weighted by Gasteiger charge is 2.12. The second-order valence-electron chi connectivity index (χ2n) is 2.76. The topological polar surface area (TPSA) is 78.9 Å². The summed E-state index contributed by atoms with van der Waals surface area (Å²) in [4.78, 5) is 11.0. The first-order valence-corrected chi connectivity index (χ1v) is 4.04. The summed E-state index contributed by atoms with van der Waals surface area (Å²) < 4.78 is 0. The second-order valence-corrected chi connectivity index (χ2v) is 2.76. The molecule has 0 aliphatic rings. The van der Waals surface area contributed by atoms with Gasteiger partial charge in [-0.25, -0.2) is 0 Å². The predicted molar refractivity (Wildman–Crippen MR) is 46.1 cm³/mol. The number of nitrogens with zero attached hydrogens (tertiary/aromatic N) is 1. The molecule has 68 valence electrons. The van der Waals surface area contributed by atoms with E-state index in [2.05, 4.69) is 5.32 Å². The third-order valence-corrected chi connectivity index (χ3v) is 1.59. The molecule has 12 heavy (non-hydrogen) atoms. The lowest BCUT2D eigenvalue weighted by molar-refractivity contribution is -0.122. The lowest BCUT2D eigenvalue weighted by Gasteiger charge is -2.14. The molecular formula is C8H15N3O. The standard InChI is InChI=1S/C8H15N3O/c1-3-7(4-5-9)11-8(12)6(2)10/h6-7H,3-4,10H2,1-2H3,(H,11,12)/t6-,7?/m1/s1. The summed E-state index contributed by atoms with van der Waals surface area (Å²) in [6, 6.07) is 1.44. The van der Waals surface area contributed by atoms with Crippen molar-refractivity contribution >= 4 is 5.91 Å². The summed E-state index contributed by atoms with van der Waals surface area (Å²) in [5.74, 6) is -0.197. The van der Waals surface area contributed by atoms with E-state index in [1.54, 1.807) is 6.92 Å². The zero-order valence-corrected chi connectivity index (χ0v) is 7.50. The Kier molecular flexibility index (Phi) is 5.06. The normalized spacial score (nSPS) is 14.5. The van der Waals surface area contributed by atoms with E-state index in [0.29, 0.717) is 6.42 Å². The Hall–Kier alpha value is -1.08. The van der Waals surface area contributed by atoms with Crippen molar-refractivity contribution in [2.45, 2.75) is 38.8 Å². The average molecular weight is 169 g/mol. The van der Waals surface area contributed by atoms with Crippen molar-refractivity contribution < 1.29 is 4.79 Å². The summed E-state index contributed by atoms with van der Waals surface area (Å²) in [6.45, 7) is 3.54. The fourth-order valence-electron chi connectivity index (χ4n) is 0.740. The molecule has 0 spiro atoms. The fourth-order valence-corrected chi connectivity index (χ4v) is 0.740. The predicted octanol–water partition coefficient (Wildman–Crippen LogP) is 0.142. The van der Waals surface area contributed by atoms with Crippen LogP contribution in [0.2, 0.25) is 0 Å². The van der Waals surface area contributed by atoms with E-state index in [0.717, 1.165) is 6.42 Å². The van der Waals surface area contributed by atoms with Gasteiger partial charge in [0.2, 0.25) is 5.91 Å². The second kappa shape index (κ2) is 5.56. The van der Waals surface area contributed by atoms with Gasteiger partial charge in [0.05, 0.1) is 18.5 Å². The molecule has 0 aromatic heterocycles. The molecule has 1 amide bonds. The molecule has 4 nitrogen and oxygen atoms in total. The van der Waals surface area contributed by atoms with Crippen LogP contribution >= 0.6 is 0 Å². The number of amides is 1. The van der Waals surface area contributed by atoms with Crippen LogP contribution in [0.4, 0.5) is 0 Å². The first-order chi connectivity index (χ1) is 5.61. The maximum atomic E-state index is 11.0. The maximum absolute atomic E-state index is 11.0. The molecule has 0 rings (SSSR count). The van der Waals surface area contributed by atoms with Crippen molar-refractivity contribution in [1.82, 2.24) is 5.32 Å². The molecule has 0 aliphatic heterocycles. The van der Waals surface area contributed by atoms with E-state index >= 15 is 0 Å². The number of hydrogen-bond acceptors (Lipinski definition) is 3. The van der Waals surface area contributed by atoms with E-state index in [4.69, 9.17) is 11.0 Å². The third kappa shape index (κ3) is 3.94. The van der Waals surface area contributed by atoms with Crippen LogP contribution in [0.25, 0.3) is 0 Å². The minimum Gasteiger partial charge on any atom is -0.351 e. The minimum atomic E-state index is -0.502. The maximum Gasteiger partial charge on any atom is 0.236 e. The highest BCUT2D eigenvalue weighted by atomic mass is 16.2. The Labute approximate surface area is 72.7 Å². The molecule has 0 saturated carbocycles. The first kappa shape index (κ1) is 10.9. The highest BCUT2D eigenvalue weighted by molar-refractivity contribution is 5.81. The Morgan fingerprint density at radius 2 is 2.33 bits per heavy atom. The van der Waals surface area contributed by atoms with Crippen LogP contribution in [0.3, 0.4) is 0 Å². The molecule has 0 fully saturated rings. The summed E-state index contributed by atoms with van der Waals surface area (Å²) in [5, 5.41) is 11.1. The van der Waals surface area contributed by atoms with Crippen molar-refractivity contribution in [2.24, 2.45) is 5.73 Å². The van der Waals surface area contributed by atoms with Crippen LogP contribution < -0.4 is 11.1 Å². The Morgan fingerprint density at radius 1 is 1.75 bits per heavy atom. The molecule has 0 saturated heterocycles. The van der Waals surface area contributed by atoms with Crippen LogP contribution in [0.15, 0.2) is 0 Å². The van der Waals surface area contributed by atoms with Gasteiger partial charge >= 0.3 is 0 Å². The van der Waals surface area contributed by atoms with Gasteiger partial charge in [0.25, 0.3) is 0 Å².